The third kappa shape index (κ3) is 3.65. The highest BCUT2D eigenvalue weighted by Gasteiger charge is 2.35. The van der Waals surface area contributed by atoms with E-state index in [4.69, 9.17) is 5.73 Å². The first-order chi connectivity index (χ1) is 13.3. The fourth-order valence-corrected chi connectivity index (χ4v) is 2.85. The first kappa shape index (κ1) is 19.0. The van der Waals surface area contributed by atoms with Crippen molar-refractivity contribution in [2.24, 2.45) is 10.8 Å². The normalized spacial score (nSPS) is 15.9. The molecule has 10 heteroatoms. The summed E-state index contributed by atoms with van der Waals surface area (Å²) >= 11 is 0. The van der Waals surface area contributed by atoms with Gasteiger partial charge in [0.15, 0.2) is 0 Å². The lowest BCUT2D eigenvalue weighted by Crippen LogP contribution is -2.39. The Kier molecular flexibility index (Phi) is 5.03. The topological polar surface area (TPSA) is 131 Å². The molecule has 1 heterocycles. The second-order valence-corrected chi connectivity index (χ2v) is 6.15. The van der Waals surface area contributed by atoms with Crippen LogP contribution in [0.25, 0.3) is 0 Å². The molecular weight excluding hydrogens is 369 g/mol. The molecule has 1 aliphatic rings. The summed E-state index contributed by atoms with van der Waals surface area (Å²) in [4.78, 5) is 34.9. The molecule has 0 saturated carbocycles. The molecule has 3 N–H and O–H groups in total. The summed E-state index contributed by atoms with van der Waals surface area (Å²) in [5, 5.41) is 19.0. The standard InChI is InChI=1S/C18H16FN5O4/c1-10-13(3-2-4-15(10)24(27)28)21-18(26)14-9-16(17(20)25)23(22-14)12-7-5-11(19)6-8-12/h2-8,16H,9H2,1H3,(H2,20,25)(H,21,26). The van der Waals surface area contributed by atoms with Gasteiger partial charge >= 0.3 is 0 Å². The maximum absolute atomic E-state index is 13.1. The first-order valence-corrected chi connectivity index (χ1v) is 8.25. The molecule has 1 aliphatic heterocycles. The van der Waals surface area contributed by atoms with Gasteiger partial charge in [0, 0.05) is 12.5 Å². The lowest BCUT2D eigenvalue weighted by atomic mass is 10.1. The summed E-state index contributed by atoms with van der Waals surface area (Å²) in [5.74, 6) is -1.76. The van der Waals surface area contributed by atoms with Crippen LogP contribution in [0.3, 0.4) is 0 Å². The van der Waals surface area contributed by atoms with Crippen LogP contribution in [0.15, 0.2) is 47.6 Å². The SMILES string of the molecule is Cc1c(NC(=O)C2=NN(c3ccc(F)cc3)C(C(N)=O)C2)cccc1[N+](=O)[O-]. The van der Waals surface area contributed by atoms with Gasteiger partial charge in [-0.1, -0.05) is 6.07 Å². The predicted octanol–water partition coefficient (Wildman–Crippen LogP) is 2.10. The van der Waals surface area contributed by atoms with E-state index in [1.807, 2.05) is 0 Å². The zero-order chi connectivity index (χ0) is 20.4. The quantitative estimate of drug-likeness (QED) is 0.601. The van der Waals surface area contributed by atoms with Crippen LogP contribution >= 0.6 is 0 Å². The Morgan fingerprint density at radius 3 is 2.57 bits per heavy atom. The molecule has 1 unspecified atom stereocenters. The minimum Gasteiger partial charge on any atom is -0.368 e. The second kappa shape index (κ2) is 7.43. The molecule has 2 amide bonds. The summed E-state index contributed by atoms with van der Waals surface area (Å²) in [7, 11) is 0. The van der Waals surface area contributed by atoms with Crippen molar-refractivity contribution < 1.29 is 18.9 Å². The van der Waals surface area contributed by atoms with Gasteiger partial charge in [0.2, 0.25) is 5.91 Å². The van der Waals surface area contributed by atoms with Gasteiger partial charge in [-0.15, -0.1) is 0 Å². The number of halogens is 1. The van der Waals surface area contributed by atoms with Crippen LogP contribution < -0.4 is 16.1 Å². The number of nitro groups is 1. The van der Waals surface area contributed by atoms with E-state index < -0.39 is 28.6 Å². The number of hydrogen-bond donors (Lipinski definition) is 2. The Morgan fingerprint density at radius 2 is 1.96 bits per heavy atom. The molecule has 1 atom stereocenters. The Bertz CT molecular complexity index is 990. The average molecular weight is 385 g/mol. The van der Waals surface area contributed by atoms with Crippen molar-refractivity contribution in [3.05, 3.63) is 64.0 Å². The van der Waals surface area contributed by atoms with Crippen LogP contribution in [0, 0.1) is 22.9 Å². The number of nitrogens with one attached hydrogen (secondary N) is 1. The molecule has 0 spiro atoms. The van der Waals surface area contributed by atoms with Crippen LogP contribution in [0.2, 0.25) is 0 Å². The van der Waals surface area contributed by atoms with Crippen molar-refractivity contribution >= 4 is 34.6 Å². The van der Waals surface area contributed by atoms with Crippen LogP contribution in [-0.2, 0) is 9.59 Å². The molecule has 0 aromatic heterocycles. The Balaban J connectivity index is 1.87. The molecule has 144 valence electrons. The highest BCUT2D eigenvalue weighted by atomic mass is 19.1. The number of hydrazone groups is 1. The third-order valence-electron chi connectivity index (χ3n) is 4.34. The number of carbonyl (C=O) groups excluding carboxylic acids is 2. The number of benzene rings is 2. The van der Waals surface area contributed by atoms with Crippen molar-refractivity contribution in [1.82, 2.24) is 0 Å². The number of nitrogens with zero attached hydrogens (tertiary/aromatic N) is 3. The van der Waals surface area contributed by atoms with Gasteiger partial charge in [-0.05, 0) is 37.3 Å². The second-order valence-electron chi connectivity index (χ2n) is 6.15. The minimum atomic E-state index is -0.905. The lowest BCUT2D eigenvalue weighted by Gasteiger charge is -2.20. The van der Waals surface area contributed by atoms with Crippen LogP contribution in [0.5, 0.6) is 0 Å². The van der Waals surface area contributed by atoms with Gasteiger partial charge in [-0.3, -0.25) is 24.7 Å². The van der Waals surface area contributed by atoms with Crippen molar-refractivity contribution in [2.45, 2.75) is 19.4 Å². The van der Waals surface area contributed by atoms with Gasteiger partial charge in [-0.25, -0.2) is 4.39 Å². The number of anilines is 2. The number of rotatable bonds is 5. The molecule has 0 bridgehead atoms. The highest BCUT2D eigenvalue weighted by Crippen LogP contribution is 2.27. The average Bonchev–Trinajstić information content (AvgIpc) is 3.09. The van der Waals surface area contributed by atoms with Gasteiger partial charge in [0.1, 0.15) is 17.6 Å². The van der Waals surface area contributed by atoms with E-state index in [9.17, 15) is 24.1 Å². The summed E-state index contributed by atoms with van der Waals surface area (Å²) in [6, 6.07) is 8.64. The van der Waals surface area contributed by atoms with Gasteiger partial charge < -0.3 is 11.1 Å². The molecule has 0 saturated heterocycles. The highest BCUT2D eigenvalue weighted by molar-refractivity contribution is 6.44. The molecule has 0 fully saturated rings. The van der Waals surface area contributed by atoms with E-state index in [2.05, 4.69) is 10.4 Å². The fraction of sp³-hybridized carbons (Fsp3) is 0.167. The van der Waals surface area contributed by atoms with Gasteiger partial charge in [-0.2, -0.15) is 5.10 Å². The first-order valence-electron chi connectivity index (χ1n) is 8.25. The zero-order valence-electron chi connectivity index (χ0n) is 14.8. The number of primary amides is 1. The predicted molar refractivity (Wildman–Crippen MR) is 100 cm³/mol. The third-order valence-corrected chi connectivity index (χ3v) is 4.34. The molecule has 0 radical (unpaired) electrons. The molecule has 2 aromatic rings. The molecule has 3 rings (SSSR count). The molecule has 28 heavy (non-hydrogen) atoms. The summed E-state index contributed by atoms with van der Waals surface area (Å²) in [6.45, 7) is 1.52. The Labute approximate surface area is 158 Å². The van der Waals surface area contributed by atoms with Gasteiger partial charge in [0.05, 0.1) is 21.9 Å². The zero-order valence-corrected chi connectivity index (χ0v) is 14.8. The minimum absolute atomic E-state index is 0.0269. The summed E-state index contributed by atoms with van der Waals surface area (Å²) < 4.78 is 13.1. The smallest absolute Gasteiger partial charge is 0.274 e. The summed E-state index contributed by atoms with van der Waals surface area (Å²) in [6.07, 6.45) is -0.0491. The van der Waals surface area contributed by atoms with E-state index in [1.54, 1.807) is 0 Å². The monoisotopic (exact) mass is 385 g/mol. The number of nitro benzene ring substituents is 1. The van der Waals surface area contributed by atoms with Crippen molar-refractivity contribution in [1.29, 1.82) is 0 Å². The Morgan fingerprint density at radius 1 is 1.29 bits per heavy atom. The maximum atomic E-state index is 13.1. The van der Waals surface area contributed by atoms with Gasteiger partial charge in [0.25, 0.3) is 11.6 Å². The number of carbonyl (C=O) groups is 2. The van der Waals surface area contributed by atoms with Crippen LogP contribution in [0.4, 0.5) is 21.5 Å². The van der Waals surface area contributed by atoms with Crippen molar-refractivity contribution in [2.75, 3.05) is 10.3 Å². The number of nitrogens with two attached hydrogens (primary N) is 1. The summed E-state index contributed by atoms with van der Waals surface area (Å²) in [5.41, 5.74) is 6.27. The van der Waals surface area contributed by atoms with Crippen LogP contribution in [-0.4, -0.2) is 28.5 Å². The number of hydrogen-bond acceptors (Lipinski definition) is 6. The maximum Gasteiger partial charge on any atom is 0.274 e. The lowest BCUT2D eigenvalue weighted by molar-refractivity contribution is -0.385. The van der Waals surface area contributed by atoms with Crippen molar-refractivity contribution in [3.63, 3.8) is 0 Å². The van der Waals surface area contributed by atoms with E-state index in [1.165, 1.54) is 54.4 Å². The molecule has 0 aliphatic carbocycles. The molecule has 9 nitrogen and oxygen atoms in total. The van der Waals surface area contributed by atoms with E-state index in [0.717, 1.165) is 0 Å². The Hall–Kier alpha value is -3.82. The molecule has 2 aromatic carbocycles. The van der Waals surface area contributed by atoms with E-state index in [0.29, 0.717) is 11.3 Å². The molecular formula is C18H16FN5O4. The van der Waals surface area contributed by atoms with E-state index >= 15 is 0 Å². The number of amides is 2. The largest absolute Gasteiger partial charge is 0.368 e. The van der Waals surface area contributed by atoms with Crippen molar-refractivity contribution in [3.8, 4) is 0 Å². The fourth-order valence-electron chi connectivity index (χ4n) is 2.85. The van der Waals surface area contributed by atoms with Crippen LogP contribution in [0.1, 0.15) is 12.0 Å². The van der Waals surface area contributed by atoms with E-state index in [-0.39, 0.29) is 23.5 Å².